The van der Waals surface area contributed by atoms with Crippen LogP contribution in [0.5, 0.6) is 0 Å². The largest absolute Gasteiger partial charge is 0.341 e. The summed E-state index contributed by atoms with van der Waals surface area (Å²) in [6.45, 7) is 2.82. The van der Waals surface area contributed by atoms with Crippen LogP contribution >= 0.6 is 15.9 Å². The van der Waals surface area contributed by atoms with Crippen LogP contribution in [0.3, 0.4) is 0 Å². The summed E-state index contributed by atoms with van der Waals surface area (Å²) >= 11 is 3.91. The second-order valence-corrected chi connectivity index (χ2v) is 7.61. The van der Waals surface area contributed by atoms with Crippen LogP contribution in [0.2, 0.25) is 0 Å². The number of amides is 1. The minimum absolute atomic E-state index is 0.0120. The molecule has 2 fully saturated rings. The lowest BCUT2D eigenvalue weighted by molar-refractivity contribution is -0.136. The molecular formula is C15H19BrN2O2. The maximum atomic E-state index is 12.0. The molecule has 4 nitrogen and oxygen atoms in total. The fraction of sp³-hybridized carbons (Fsp3) is 0.600. The number of halogens is 1. The van der Waals surface area contributed by atoms with Gasteiger partial charge in [-0.15, -0.1) is 0 Å². The van der Waals surface area contributed by atoms with E-state index in [1.54, 1.807) is 16.7 Å². The summed E-state index contributed by atoms with van der Waals surface area (Å²) in [5.74, 6) is 1.01. The molecule has 4 atom stereocenters. The Labute approximate surface area is 126 Å². The average Bonchev–Trinajstić information content (AvgIpc) is 2.57. The smallest absolute Gasteiger partial charge is 0.250 e. The molecule has 5 heteroatoms. The number of aromatic nitrogens is 1. The highest BCUT2D eigenvalue weighted by Gasteiger charge is 2.58. The van der Waals surface area contributed by atoms with Crippen LogP contribution in [-0.4, -0.2) is 32.8 Å². The molecule has 1 aliphatic heterocycles. The van der Waals surface area contributed by atoms with Crippen LogP contribution in [-0.2, 0) is 11.3 Å². The molecule has 1 amide bonds. The minimum atomic E-state index is -0.194. The second-order valence-electron chi connectivity index (χ2n) is 6.14. The zero-order valence-electron chi connectivity index (χ0n) is 11.8. The van der Waals surface area contributed by atoms with Gasteiger partial charge in [-0.3, -0.25) is 9.59 Å². The first-order chi connectivity index (χ1) is 9.43. The fourth-order valence-electron chi connectivity index (χ4n) is 3.86. The van der Waals surface area contributed by atoms with Crippen LogP contribution in [0, 0.1) is 11.8 Å². The zero-order chi connectivity index (χ0) is 14.5. The number of fused-ring (bicyclic) bond motifs is 2. The van der Waals surface area contributed by atoms with Gasteiger partial charge in [-0.05, 0) is 24.3 Å². The molecule has 1 aromatic heterocycles. The predicted molar refractivity (Wildman–Crippen MR) is 80.8 cm³/mol. The highest BCUT2D eigenvalue weighted by atomic mass is 79.9. The molecule has 3 unspecified atom stereocenters. The van der Waals surface area contributed by atoms with E-state index in [0.29, 0.717) is 24.8 Å². The van der Waals surface area contributed by atoms with Gasteiger partial charge in [-0.25, -0.2) is 0 Å². The molecule has 2 aliphatic rings. The van der Waals surface area contributed by atoms with Crippen molar-refractivity contribution in [2.75, 3.05) is 7.05 Å². The third-order valence-electron chi connectivity index (χ3n) is 5.02. The first-order valence-corrected chi connectivity index (χ1v) is 7.83. The van der Waals surface area contributed by atoms with Crippen LogP contribution in [0.15, 0.2) is 29.2 Å². The Balaban J connectivity index is 1.98. The number of pyridine rings is 1. The van der Waals surface area contributed by atoms with Crippen molar-refractivity contribution in [1.29, 1.82) is 0 Å². The predicted octanol–water partition coefficient (Wildman–Crippen LogP) is 1.87. The summed E-state index contributed by atoms with van der Waals surface area (Å²) in [6.07, 6.45) is 3.40. The Bertz CT molecular complexity index is 600. The van der Waals surface area contributed by atoms with E-state index in [2.05, 4.69) is 22.9 Å². The van der Waals surface area contributed by atoms with Crippen molar-refractivity contribution in [2.24, 2.45) is 11.8 Å². The van der Waals surface area contributed by atoms with Crippen molar-refractivity contribution in [3.05, 3.63) is 34.7 Å². The van der Waals surface area contributed by atoms with E-state index in [9.17, 15) is 9.59 Å². The Morgan fingerprint density at radius 1 is 1.40 bits per heavy atom. The number of carbonyl (C=O) groups excluding carboxylic acids is 1. The number of likely N-dealkylation sites (tertiary alicyclic amines) is 1. The van der Waals surface area contributed by atoms with E-state index in [1.165, 1.54) is 0 Å². The lowest BCUT2D eigenvalue weighted by atomic mass is 9.83. The Morgan fingerprint density at radius 2 is 2.15 bits per heavy atom. The Morgan fingerprint density at radius 3 is 2.85 bits per heavy atom. The molecule has 0 spiro atoms. The standard InChI is InChI=1S/C15H19BrN2O2/c1-10-7-12-15(16,11(10)8-14(20)17(12)2)9-18-6-4-3-5-13(18)19/h3-6,10-12H,7-9H2,1-2H3/t10-,11?,12?,15?/m1/s1. The molecule has 0 N–H and O–H groups in total. The molecule has 1 saturated carbocycles. The normalized spacial score (nSPS) is 36.5. The van der Waals surface area contributed by atoms with Crippen molar-refractivity contribution >= 4 is 21.8 Å². The lowest BCUT2D eigenvalue weighted by Crippen LogP contribution is -2.56. The summed E-state index contributed by atoms with van der Waals surface area (Å²) in [7, 11) is 1.88. The van der Waals surface area contributed by atoms with Crippen molar-refractivity contribution in [2.45, 2.75) is 36.7 Å². The number of nitrogens with zero attached hydrogens (tertiary/aromatic N) is 2. The highest BCUT2D eigenvalue weighted by Crippen LogP contribution is 2.53. The van der Waals surface area contributed by atoms with Gasteiger partial charge in [-0.2, -0.15) is 0 Å². The van der Waals surface area contributed by atoms with E-state index in [-0.39, 0.29) is 21.8 Å². The van der Waals surface area contributed by atoms with Gasteiger partial charge in [-0.1, -0.05) is 28.9 Å². The topological polar surface area (TPSA) is 42.3 Å². The number of hydrogen-bond donors (Lipinski definition) is 0. The van der Waals surface area contributed by atoms with Crippen LogP contribution in [0.25, 0.3) is 0 Å². The number of rotatable bonds is 2. The first kappa shape index (κ1) is 13.9. The van der Waals surface area contributed by atoms with Crippen molar-refractivity contribution in [3.8, 4) is 0 Å². The van der Waals surface area contributed by atoms with Gasteiger partial charge in [0.2, 0.25) is 5.91 Å². The highest BCUT2D eigenvalue weighted by molar-refractivity contribution is 9.10. The molecular weight excluding hydrogens is 320 g/mol. The maximum Gasteiger partial charge on any atom is 0.250 e. The summed E-state index contributed by atoms with van der Waals surface area (Å²) < 4.78 is 1.55. The number of piperidine rings is 1. The van der Waals surface area contributed by atoms with E-state index >= 15 is 0 Å². The number of hydrogen-bond acceptors (Lipinski definition) is 2. The first-order valence-electron chi connectivity index (χ1n) is 7.03. The van der Waals surface area contributed by atoms with Gasteiger partial charge in [0.25, 0.3) is 5.56 Å². The van der Waals surface area contributed by atoms with E-state index in [0.717, 1.165) is 6.42 Å². The molecule has 2 bridgehead atoms. The van der Waals surface area contributed by atoms with Gasteiger partial charge in [0.1, 0.15) is 0 Å². The Kier molecular flexibility index (Phi) is 3.27. The minimum Gasteiger partial charge on any atom is -0.341 e. The molecule has 0 aromatic carbocycles. The SMILES string of the molecule is C[C@@H]1CC2N(C)C(=O)CC1C2(Br)Cn1ccccc1=O. The lowest BCUT2D eigenvalue weighted by Gasteiger charge is -2.44. The number of alkyl halides is 1. The van der Waals surface area contributed by atoms with Crippen LogP contribution in [0.1, 0.15) is 19.8 Å². The summed E-state index contributed by atoms with van der Waals surface area (Å²) in [6, 6.07) is 5.38. The monoisotopic (exact) mass is 338 g/mol. The molecule has 1 saturated heterocycles. The van der Waals surface area contributed by atoms with Crippen LogP contribution < -0.4 is 5.56 Å². The molecule has 3 rings (SSSR count). The van der Waals surface area contributed by atoms with Crippen molar-refractivity contribution in [1.82, 2.24) is 9.47 Å². The summed E-state index contributed by atoms with van der Waals surface area (Å²) in [5, 5.41) is 0. The maximum absolute atomic E-state index is 12.0. The fourth-order valence-corrected chi connectivity index (χ4v) is 5.24. The zero-order valence-corrected chi connectivity index (χ0v) is 13.3. The third-order valence-corrected chi connectivity index (χ3v) is 6.39. The molecule has 108 valence electrons. The molecule has 1 aliphatic carbocycles. The van der Waals surface area contributed by atoms with Gasteiger partial charge < -0.3 is 9.47 Å². The summed E-state index contributed by atoms with van der Waals surface area (Å²) in [5.41, 5.74) is 0.0120. The third kappa shape index (κ3) is 1.94. The molecule has 20 heavy (non-hydrogen) atoms. The van der Waals surface area contributed by atoms with Gasteiger partial charge >= 0.3 is 0 Å². The number of carbonyl (C=O) groups is 1. The van der Waals surface area contributed by atoms with Crippen molar-refractivity contribution in [3.63, 3.8) is 0 Å². The van der Waals surface area contributed by atoms with Crippen molar-refractivity contribution < 1.29 is 4.79 Å². The van der Waals surface area contributed by atoms with Gasteiger partial charge in [0.05, 0.1) is 4.32 Å². The summed E-state index contributed by atoms with van der Waals surface area (Å²) in [4.78, 5) is 25.9. The van der Waals surface area contributed by atoms with E-state index < -0.39 is 0 Å². The van der Waals surface area contributed by atoms with Gasteiger partial charge in [0, 0.05) is 38.3 Å². The second kappa shape index (κ2) is 4.72. The average molecular weight is 339 g/mol. The molecule has 0 radical (unpaired) electrons. The molecule has 1 aromatic rings. The van der Waals surface area contributed by atoms with Gasteiger partial charge in [0.15, 0.2) is 0 Å². The molecule has 2 heterocycles. The van der Waals surface area contributed by atoms with E-state index in [1.807, 2.05) is 24.2 Å². The Hall–Kier alpha value is -1.10. The van der Waals surface area contributed by atoms with Crippen LogP contribution in [0.4, 0.5) is 0 Å². The quantitative estimate of drug-likeness (QED) is 0.772. The van der Waals surface area contributed by atoms with E-state index in [4.69, 9.17) is 0 Å².